The van der Waals surface area contributed by atoms with Gasteiger partial charge in [-0.15, -0.1) is 11.3 Å². The van der Waals surface area contributed by atoms with E-state index in [0.717, 1.165) is 4.88 Å². The van der Waals surface area contributed by atoms with Gasteiger partial charge in [0.2, 0.25) is 0 Å². The highest BCUT2D eigenvalue weighted by Crippen LogP contribution is 2.41. The fourth-order valence-corrected chi connectivity index (χ4v) is 2.26. The van der Waals surface area contributed by atoms with E-state index >= 15 is 0 Å². The van der Waals surface area contributed by atoms with Gasteiger partial charge in [0.25, 0.3) is 0 Å². The number of halogens is 2. The van der Waals surface area contributed by atoms with Gasteiger partial charge < -0.3 is 4.74 Å². The molecular formula is C6H6Cl2OS. The van der Waals surface area contributed by atoms with Crippen LogP contribution in [0.2, 0.25) is 9.36 Å². The molecule has 0 aliphatic heterocycles. The molecule has 1 aromatic heterocycles. The SMILES string of the molecule is COc1c(C)sc(Cl)c1Cl. The van der Waals surface area contributed by atoms with Crippen LogP contribution < -0.4 is 4.74 Å². The lowest BCUT2D eigenvalue weighted by atomic mass is 10.5. The maximum atomic E-state index is 5.77. The van der Waals surface area contributed by atoms with Crippen LogP contribution in [0, 0.1) is 6.92 Å². The summed E-state index contributed by atoms with van der Waals surface area (Å²) in [6.45, 7) is 1.92. The summed E-state index contributed by atoms with van der Waals surface area (Å²) >= 11 is 12.9. The Morgan fingerprint density at radius 1 is 1.40 bits per heavy atom. The van der Waals surface area contributed by atoms with E-state index in [4.69, 9.17) is 27.9 Å². The molecule has 1 aromatic rings. The van der Waals surface area contributed by atoms with Crippen molar-refractivity contribution in [2.75, 3.05) is 7.11 Å². The Bertz CT molecular complexity index is 244. The third kappa shape index (κ3) is 1.24. The summed E-state index contributed by atoms with van der Waals surface area (Å²) in [5, 5.41) is 0.520. The number of ether oxygens (including phenoxy) is 1. The topological polar surface area (TPSA) is 9.23 Å². The molecule has 4 heteroatoms. The van der Waals surface area contributed by atoms with Gasteiger partial charge in [0, 0.05) is 4.88 Å². The summed E-state index contributed by atoms with van der Waals surface area (Å²) in [5.74, 6) is 0.691. The Labute approximate surface area is 73.5 Å². The third-order valence-corrected chi connectivity index (χ3v) is 3.00. The number of hydrogen-bond acceptors (Lipinski definition) is 2. The molecule has 10 heavy (non-hydrogen) atoms. The Hall–Kier alpha value is 0.0800. The first-order chi connectivity index (χ1) is 4.66. The third-order valence-electron chi connectivity index (χ3n) is 1.14. The van der Waals surface area contributed by atoms with Gasteiger partial charge in [-0.2, -0.15) is 0 Å². The summed E-state index contributed by atoms with van der Waals surface area (Å²) in [5.41, 5.74) is 0. The molecule has 0 aromatic carbocycles. The number of aryl methyl sites for hydroxylation is 1. The van der Waals surface area contributed by atoms with Crippen LogP contribution in [-0.4, -0.2) is 7.11 Å². The highest BCUT2D eigenvalue weighted by atomic mass is 35.5. The van der Waals surface area contributed by atoms with Crippen LogP contribution in [0.5, 0.6) is 5.75 Å². The first-order valence-electron chi connectivity index (χ1n) is 2.65. The molecule has 0 amide bonds. The zero-order chi connectivity index (χ0) is 7.72. The Morgan fingerprint density at radius 2 is 2.00 bits per heavy atom. The number of methoxy groups -OCH3 is 1. The second-order valence-corrected chi connectivity index (χ2v) is 3.98. The van der Waals surface area contributed by atoms with Crippen molar-refractivity contribution in [1.29, 1.82) is 0 Å². The van der Waals surface area contributed by atoms with Crippen molar-refractivity contribution in [1.82, 2.24) is 0 Å². The van der Waals surface area contributed by atoms with E-state index in [1.54, 1.807) is 7.11 Å². The fourth-order valence-electron chi connectivity index (χ4n) is 0.703. The van der Waals surface area contributed by atoms with E-state index in [2.05, 4.69) is 0 Å². The summed E-state index contributed by atoms with van der Waals surface area (Å²) < 4.78 is 5.58. The molecular weight excluding hydrogens is 191 g/mol. The Balaban J connectivity index is 3.20. The summed E-state index contributed by atoms with van der Waals surface area (Å²) in [4.78, 5) is 1.01. The van der Waals surface area contributed by atoms with E-state index in [0.29, 0.717) is 15.1 Å². The van der Waals surface area contributed by atoms with E-state index in [1.165, 1.54) is 11.3 Å². The van der Waals surface area contributed by atoms with E-state index in [1.807, 2.05) is 6.92 Å². The maximum Gasteiger partial charge on any atom is 0.152 e. The number of rotatable bonds is 1. The molecule has 0 unspecified atom stereocenters. The molecule has 1 nitrogen and oxygen atoms in total. The molecule has 0 atom stereocenters. The first kappa shape index (κ1) is 8.18. The standard InChI is InChI=1S/C6H6Cl2OS/c1-3-5(9-2)4(7)6(8)10-3/h1-2H3. The monoisotopic (exact) mass is 196 g/mol. The van der Waals surface area contributed by atoms with Crippen LogP contribution in [0.3, 0.4) is 0 Å². The number of hydrogen-bond donors (Lipinski definition) is 0. The van der Waals surface area contributed by atoms with E-state index < -0.39 is 0 Å². The molecule has 0 aliphatic carbocycles. The largest absolute Gasteiger partial charge is 0.494 e. The average molecular weight is 197 g/mol. The van der Waals surface area contributed by atoms with Crippen molar-refractivity contribution in [2.45, 2.75) is 6.92 Å². The van der Waals surface area contributed by atoms with Crippen LogP contribution in [0.25, 0.3) is 0 Å². The zero-order valence-corrected chi connectivity index (χ0v) is 7.90. The van der Waals surface area contributed by atoms with Crippen LogP contribution in [-0.2, 0) is 0 Å². The Morgan fingerprint density at radius 3 is 2.20 bits per heavy atom. The molecule has 0 bridgehead atoms. The molecule has 0 aliphatic rings. The van der Waals surface area contributed by atoms with Crippen molar-refractivity contribution < 1.29 is 4.74 Å². The van der Waals surface area contributed by atoms with Gasteiger partial charge >= 0.3 is 0 Å². The highest BCUT2D eigenvalue weighted by molar-refractivity contribution is 7.17. The lowest BCUT2D eigenvalue weighted by Gasteiger charge is -1.95. The van der Waals surface area contributed by atoms with Crippen LogP contribution in [0.15, 0.2) is 0 Å². The van der Waals surface area contributed by atoms with Gasteiger partial charge in [0.05, 0.1) is 7.11 Å². The average Bonchev–Trinajstić information content (AvgIpc) is 2.09. The molecule has 1 rings (SSSR count). The summed E-state index contributed by atoms with van der Waals surface area (Å²) in [7, 11) is 1.58. The van der Waals surface area contributed by atoms with Crippen molar-refractivity contribution in [3.63, 3.8) is 0 Å². The molecule has 0 N–H and O–H groups in total. The van der Waals surface area contributed by atoms with Gasteiger partial charge in [0.15, 0.2) is 5.75 Å². The van der Waals surface area contributed by atoms with Gasteiger partial charge in [-0.05, 0) is 6.92 Å². The molecule has 0 fully saturated rings. The van der Waals surface area contributed by atoms with E-state index in [9.17, 15) is 0 Å². The second-order valence-electron chi connectivity index (χ2n) is 1.78. The molecule has 0 radical (unpaired) electrons. The van der Waals surface area contributed by atoms with Crippen molar-refractivity contribution >= 4 is 34.5 Å². The normalized spacial score (nSPS) is 10.0. The smallest absolute Gasteiger partial charge is 0.152 e. The van der Waals surface area contributed by atoms with Crippen LogP contribution >= 0.6 is 34.5 Å². The van der Waals surface area contributed by atoms with Gasteiger partial charge in [0.1, 0.15) is 9.36 Å². The maximum absolute atomic E-state index is 5.77. The van der Waals surface area contributed by atoms with Crippen molar-refractivity contribution in [3.05, 3.63) is 14.2 Å². The zero-order valence-electron chi connectivity index (χ0n) is 5.57. The number of thiophene rings is 1. The van der Waals surface area contributed by atoms with Gasteiger partial charge in [-0.1, -0.05) is 23.2 Å². The minimum absolute atomic E-state index is 0.520. The minimum Gasteiger partial charge on any atom is -0.494 e. The van der Waals surface area contributed by atoms with E-state index in [-0.39, 0.29) is 0 Å². The van der Waals surface area contributed by atoms with Gasteiger partial charge in [-0.25, -0.2) is 0 Å². The first-order valence-corrected chi connectivity index (χ1v) is 4.22. The van der Waals surface area contributed by atoms with Crippen molar-refractivity contribution in [2.24, 2.45) is 0 Å². The van der Waals surface area contributed by atoms with Crippen molar-refractivity contribution in [3.8, 4) is 5.75 Å². The highest BCUT2D eigenvalue weighted by Gasteiger charge is 2.11. The molecule has 0 saturated heterocycles. The fraction of sp³-hybridized carbons (Fsp3) is 0.333. The molecule has 0 saturated carbocycles. The molecule has 1 heterocycles. The quantitative estimate of drug-likeness (QED) is 0.670. The summed E-state index contributed by atoms with van der Waals surface area (Å²) in [6, 6.07) is 0. The van der Waals surface area contributed by atoms with Crippen LogP contribution in [0.4, 0.5) is 0 Å². The lowest BCUT2D eigenvalue weighted by molar-refractivity contribution is 0.414. The summed E-state index contributed by atoms with van der Waals surface area (Å²) in [6.07, 6.45) is 0. The Kier molecular flexibility index (Phi) is 2.45. The predicted molar refractivity (Wildman–Crippen MR) is 45.6 cm³/mol. The minimum atomic E-state index is 0.520. The van der Waals surface area contributed by atoms with Gasteiger partial charge in [-0.3, -0.25) is 0 Å². The van der Waals surface area contributed by atoms with Crippen LogP contribution in [0.1, 0.15) is 4.88 Å². The second kappa shape index (κ2) is 2.99. The predicted octanol–water partition coefficient (Wildman–Crippen LogP) is 3.37. The lowest BCUT2D eigenvalue weighted by Crippen LogP contribution is -1.80. The molecule has 0 spiro atoms. The molecule has 56 valence electrons.